The molecule has 0 aliphatic heterocycles. The molecule has 2 aromatic heterocycles. The predicted molar refractivity (Wildman–Crippen MR) is 106 cm³/mol. The Labute approximate surface area is 164 Å². The van der Waals surface area contributed by atoms with Gasteiger partial charge >= 0.3 is 0 Å². The first kappa shape index (κ1) is 19.2. The third-order valence-electron chi connectivity index (χ3n) is 3.86. The van der Waals surface area contributed by atoms with E-state index >= 15 is 0 Å². The Morgan fingerprint density at radius 3 is 2.61 bits per heavy atom. The van der Waals surface area contributed by atoms with Gasteiger partial charge in [-0.25, -0.2) is 9.97 Å². The molecule has 0 bridgehead atoms. The molecule has 3 rings (SSSR count). The minimum Gasteiger partial charge on any atom is -0.481 e. The molecule has 3 aromatic rings. The lowest BCUT2D eigenvalue weighted by atomic mass is 10.0. The Bertz CT molecular complexity index is 979. The number of pyridine rings is 2. The molecule has 0 aliphatic rings. The van der Waals surface area contributed by atoms with Crippen molar-refractivity contribution in [1.29, 1.82) is 5.26 Å². The maximum Gasteiger partial charge on any atom is 0.221 e. The lowest BCUT2D eigenvalue weighted by molar-refractivity contribution is 0.261. The van der Waals surface area contributed by atoms with Crippen molar-refractivity contribution in [2.24, 2.45) is 5.92 Å². The van der Waals surface area contributed by atoms with Gasteiger partial charge in [-0.2, -0.15) is 5.26 Å². The van der Waals surface area contributed by atoms with Crippen LogP contribution in [-0.2, 0) is 0 Å². The average Bonchev–Trinajstić information content (AvgIpc) is 2.73. The standard InChI is InChI=1S/C22H21N3O3/c1-15(2)14-27-21-9-7-17(13-25-21)28-20-8-6-16(12-23)11-19(20)18-5-4-10-24-22(18)26-3/h4-11,13,15H,14H2,1-3H3. The molecular weight excluding hydrogens is 354 g/mol. The first-order chi connectivity index (χ1) is 13.6. The van der Waals surface area contributed by atoms with Crippen molar-refractivity contribution >= 4 is 0 Å². The summed E-state index contributed by atoms with van der Waals surface area (Å²) in [5, 5.41) is 9.27. The van der Waals surface area contributed by atoms with Gasteiger partial charge in [0.05, 0.1) is 31.5 Å². The highest BCUT2D eigenvalue weighted by atomic mass is 16.5. The number of hydrogen-bond acceptors (Lipinski definition) is 6. The van der Waals surface area contributed by atoms with E-state index in [1.165, 1.54) is 0 Å². The van der Waals surface area contributed by atoms with Gasteiger partial charge < -0.3 is 14.2 Å². The maximum atomic E-state index is 9.27. The number of rotatable bonds is 7. The highest BCUT2D eigenvalue weighted by Crippen LogP contribution is 2.38. The van der Waals surface area contributed by atoms with Crippen LogP contribution in [0, 0.1) is 17.2 Å². The monoisotopic (exact) mass is 375 g/mol. The second kappa shape index (κ2) is 8.87. The van der Waals surface area contributed by atoms with Crippen LogP contribution in [0.25, 0.3) is 11.1 Å². The van der Waals surface area contributed by atoms with E-state index in [9.17, 15) is 5.26 Å². The molecule has 0 N–H and O–H groups in total. The number of methoxy groups -OCH3 is 1. The topological polar surface area (TPSA) is 77.3 Å². The molecule has 0 saturated heterocycles. The first-order valence-corrected chi connectivity index (χ1v) is 8.91. The maximum absolute atomic E-state index is 9.27. The fraction of sp³-hybridized carbons (Fsp3) is 0.227. The minimum atomic E-state index is 0.424. The molecule has 0 aliphatic carbocycles. The zero-order chi connectivity index (χ0) is 19.9. The molecule has 6 nitrogen and oxygen atoms in total. The lowest BCUT2D eigenvalue weighted by Crippen LogP contribution is -2.05. The summed E-state index contributed by atoms with van der Waals surface area (Å²) in [6.07, 6.45) is 3.26. The van der Waals surface area contributed by atoms with E-state index in [2.05, 4.69) is 29.9 Å². The first-order valence-electron chi connectivity index (χ1n) is 8.91. The van der Waals surface area contributed by atoms with Crippen molar-refractivity contribution in [3.05, 3.63) is 60.4 Å². The van der Waals surface area contributed by atoms with Crippen molar-refractivity contribution in [3.8, 4) is 40.5 Å². The predicted octanol–water partition coefficient (Wildman–Crippen LogP) is 4.85. The summed E-state index contributed by atoms with van der Waals surface area (Å²) in [7, 11) is 1.56. The van der Waals surface area contributed by atoms with Crippen LogP contribution in [-0.4, -0.2) is 23.7 Å². The molecule has 0 fully saturated rings. The van der Waals surface area contributed by atoms with Crippen LogP contribution in [0.4, 0.5) is 0 Å². The van der Waals surface area contributed by atoms with Gasteiger partial charge in [0.2, 0.25) is 11.8 Å². The molecule has 142 valence electrons. The van der Waals surface area contributed by atoms with Crippen molar-refractivity contribution in [2.45, 2.75) is 13.8 Å². The number of nitriles is 1. The third kappa shape index (κ3) is 4.57. The summed E-state index contributed by atoms with van der Waals surface area (Å²) in [6.45, 7) is 4.76. The van der Waals surface area contributed by atoms with Crippen LogP contribution in [0.5, 0.6) is 23.3 Å². The summed E-state index contributed by atoms with van der Waals surface area (Å²) in [5.41, 5.74) is 1.97. The molecule has 0 spiro atoms. The normalized spacial score (nSPS) is 10.4. The number of nitrogens with zero attached hydrogens (tertiary/aromatic N) is 3. The molecule has 2 heterocycles. The van der Waals surface area contributed by atoms with Gasteiger partial charge in [0.25, 0.3) is 0 Å². The van der Waals surface area contributed by atoms with E-state index in [1.54, 1.807) is 49.8 Å². The van der Waals surface area contributed by atoms with Crippen molar-refractivity contribution in [2.75, 3.05) is 13.7 Å². The quantitative estimate of drug-likeness (QED) is 0.587. The van der Waals surface area contributed by atoms with Crippen LogP contribution >= 0.6 is 0 Å². The Morgan fingerprint density at radius 2 is 1.93 bits per heavy atom. The molecular formula is C22H21N3O3. The Balaban J connectivity index is 1.91. The summed E-state index contributed by atoms with van der Waals surface area (Å²) in [5.74, 6) is 2.56. The molecule has 6 heteroatoms. The molecule has 28 heavy (non-hydrogen) atoms. The second-order valence-electron chi connectivity index (χ2n) is 6.52. The van der Waals surface area contributed by atoms with Gasteiger partial charge in [-0.05, 0) is 42.3 Å². The number of hydrogen-bond donors (Lipinski definition) is 0. The van der Waals surface area contributed by atoms with Crippen LogP contribution in [0.15, 0.2) is 54.9 Å². The van der Waals surface area contributed by atoms with Crippen LogP contribution in [0.1, 0.15) is 19.4 Å². The number of aromatic nitrogens is 2. The summed E-state index contributed by atoms with van der Waals surface area (Å²) < 4.78 is 17.0. The Kier molecular flexibility index (Phi) is 6.07. The van der Waals surface area contributed by atoms with E-state index < -0.39 is 0 Å². The van der Waals surface area contributed by atoms with Gasteiger partial charge in [0.15, 0.2) is 0 Å². The van der Waals surface area contributed by atoms with Crippen LogP contribution < -0.4 is 14.2 Å². The van der Waals surface area contributed by atoms with Crippen molar-refractivity contribution in [3.63, 3.8) is 0 Å². The zero-order valence-electron chi connectivity index (χ0n) is 16.0. The highest BCUT2D eigenvalue weighted by molar-refractivity contribution is 5.76. The fourth-order valence-corrected chi connectivity index (χ4v) is 2.55. The van der Waals surface area contributed by atoms with Gasteiger partial charge in [-0.15, -0.1) is 0 Å². The Morgan fingerprint density at radius 1 is 1.07 bits per heavy atom. The summed E-state index contributed by atoms with van der Waals surface area (Å²) in [6, 6.07) is 14.6. The van der Waals surface area contributed by atoms with Crippen molar-refractivity contribution in [1.82, 2.24) is 9.97 Å². The molecule has 0 radical (unpaired) electrons. The molecule has 0 unspecified atom stereocenters. The van der Waals surface area contributed by atoms with Gasteiger partial charge in [-0.1, -0.05) is 13.8 Å². The molecule has 0 saturated carbocycles. The minimum absolute atomic E-state index is 0.424. The molecule has 0 amide bonds. The molecule has 1 aromatic carbocycles. The molecule has 0 atom stereocenters. The SMILES string of the molecule is COc1ncccc1-c1cc(C#N)ccc1Oc1ccc(OCC(C)C)nc1. The third-order valence-corrected chi connectivity index (χ3v) is 3.86. The zero-order valence-corrected chi connectivity index (χ0v) is 16.0. The van der Waals surface area contributed by atoms with Crippen LogP contribution in [0.3, 0.4) is 0 Å². The van der Waals surface area contributed by atoms with E-state index in [0.717, 1.165) is 5.56 Å². The summed E-state index contributed by atoms with van der Waals surface area (Å²) in [4.78, 5) is 8.51. The van der Waals surface area contributed by atoms with E-state index in [1.807, 2.05) is 12.1 Å². The van der Waals surface area contributed by atoms with E-state index in [0.29, 0.717) is 46.9 Å². The largest absolute Gasteiger partial charge is 0.481 e. The number of ether oxygens (including phenoxy) is 3. The van der Waals surface area contributed by atoms with Gasteiger partial charge in [-0.3, -0.25) is 0 Å². The van der Waals surface area contributed by atoms with Gasteiger partial charge in [0.1, 0.15) is 11.5 Å². The van der Waals surface area contributed by atoms with E-state index in [-0.39, 0.29) is 0 Å². The second-order valence-corrected chi connectivity index (χ2v) is 6.52. The smallest absolute Gasteiger partial charge is 0.221 e. The van der Waals surface area contributed by atoms with E-state index in [4.69, 9.17) is 14.2 Å². The summed E-state index contributed by atoms with van der Waals surface area (Å²) >= 11 is 0. The van der Waals surface area contributed by atoms with Gasteiger partial charge in [0, 0.05) is 23.4 Å². The lowest BCUT2D eigenvalue weighted by Gasteiger charge is -2.14. The fourth-order valence-electron chi connectivity index (χ4n) is 2.55. The van der Waals surface area contributed by atoms with Crippen LogP contribution in [0.2, 0.25) is 0 Å². The highest BCUT2D eigenvalue weighted by Gasteiger charge is 2.14. The number of benzene rings is 1. The Hall–Kier alpha value is -3.59. The average molecular weight is 375 g/mol. The van der Waals surface area contributed by atoms with Crippen molar-refractivity contribution < 1.29 is 14.2 Å².